The van der Waals surface area contributed by atoms with Gasteiger partial charge in [0.25, 0.3) is 5.91 Å². The summed E-state index contributed by atoms with van der Waals surface area (Å²) in [5.41, 5.74) is 1.15. The zero-order valence-corrected chi connectivity index (χ0v) is 7.41. The van der Waals surface area contributed by atoms with Gasteiger partial charge >= 0.3 is 0 Å². The fourth-order valence-corrected chi connectivity index (χ4v) is 0.976. The van der Waals surface area contributed by atoms with Crippen molar-refractivity contribution in [1.29, 1.82) is 0 Å². The normalized spacial score (nSPS) is 9.31. The van der Waals surface area contributed by atoms with Crippen molar-refractivity contribution >= 4 is 12.2 Å². The molecule has 0 aliphatic carbocycles. The van der Waals surface area contributed by atoms with Crippen molar-refractivity contribution in [2.45, 2.75) is 6.92 Å². The number of amides is 1. The van der Waals surface area contributed by atoms with Crippen molar-refractivity contribution in [3.63, 3.8) is 0 Å². The van der Waals surface area contributed by atoms with Gasteiger partial charge in [0.2, 0.25) is 0 Å². The molecule has 0 saturated carbocycles. The van der Waals surface area contributed by atoms with E-state index in [9.17, 15) is 9.59 Å². The molecule has 0 heterocycles. The molecule has 0 aromatic heterocycles. The van der Waals surface area contributed by atoms with Crippen LogP contribution in [-0.2, 0) is 0 Å². The Morgan fingerprint density at radius 2 is 2.00 bits per heavy atom. The SMILES string of the molecule is CCNC(=O)c1ccc(C=O)cc1. The Balaban J connectivity index is 2.79. The van der Waals surface area contributed by atoms with Crippen molar-refractivity contribution in [3.8, 4) is 0 Å². The van der Waals surface area contributed by atoms with Gasteiger partial charge in [-0.2, -0.15) is 0 Å². The molecule has 0 atom stereocenters. The zero-order valence-electron chi connectivity index (χ0n) is 7.41. The molecule has 3 heteroatoms. The smallest absolute Gasteiger partial charge is 0.251 e. The number of rotatable bonds is 3. The lowest BCUT2D eigenvalue weighted by atomic mass is 10.1. The number of hydrogen-bond donors (Lipinski definition) is 1. The lowest BCUT2D eigenvalue weighted by Crippen LogP contribution is -2.22. The second kappa shape index (κ2) is 4.40. The van der Waals surface area contributed by atoms with Crippen LogP contribution in [0.5, 0.6) is 0 Å². The highest BCUT2D eigenvalue weighted by Gasteiger charge is 2.02. The second-order valence-corrected chi connectivity index (χ2v) is 2.60. The first-order valence-electron chi connectivity index (χ1n) is 4.11. The predicted octanol–water partition coefficient (Wildman–Crippen LogP) is 1.25. The van der Waals surface area contributed by atoms with Crippen LogP contribution < -0.4 is 5.32 Å². The summed E-state index contributed by atoms with van der Waals surface area (Å²) in [6, 6.07) is 6.51. The minimum Gasteiger partial charge on any atom is -0.352 e. The molecule has 0 bridgehead atoms. The van der Waals surface area contributed by atoms with E-state index in [1.54, 1.807) is 24.3 Å². The third kappa shape index (κ3) is 2.40. The van der Waals surface area contributed by atoms with Crippen LogP contribution in [0.4, 0.5) is 0 Å². The summed E-state index contributed by atoms with van der Waals surface area (Å²) in [6.07, 6.45) is 0.751. The van der Waals surface area contributed by atoms with Crippen LogP contribution in [-0.4, -0.2) is 18.7 Å². The van der Waals surface area contributed by atoms with Gasteiger partial charge < -0.3 is 5.32 Å². The Kier molecular flexibility index (Phi) is 3.20. The zero-order chi connectivity index (χ0) is 9.68. The number of carbonyl (C=O) groups is 2. The minimum atomic E-state index is -0.111. The lowest BCUT2D eigenvalue weighted by Gasteiger charge is -2.01. The number of hydrogen-bond acceptors (Lipinski definition) is 2. The number of carbonyl (C=O) groups excluding carboxylic acids is 2. The molecule has 0 saturated heterocycles. The fraction of sp³-hybridized carbons (Fsp3) is 0.200. The average Bonchev–Trinajstić information content (AvgIpc) is 2.18. The van der Waals surface area contributed by atoms with E-state index in [0.717, 1.165) is 6.29 Å². The van der Waals surface area contributed by atoms with Gasteiger partial charge in [0.1, 0.15) is 6.29 Å². The number of aldehydes is 1. The molecule has 1 aromatic carbocycles. The van der Waals surface area contributed by atoms with Crippen LogP contribution in [0.25, 0.3) is 0 Å². The van der Waals surface area contributed by atoms with E-state index in [1.165, 1.54) is 0 Å². The van der Waals surface area contributed by atoms with Gasteiger partial charge in [-0.3, -0.25) is 9.59 Å². The van der Waals surface area contributed by atoms with Gasteiger partial charge in [-0.15, -0.1) is 0 Å². The van der Waals surface area contributed by atoms with Gasteiger partial charge in [0, 0.05) is 17.7 Å². The summed E-state index contributed by atoms with van der Waals surface area (Å²) < 4.78 is 0. The summed E-state index contributed by atoms with van der Waals surface area (Å²) in [6.45, 7) is 2.46. The Morgan fingerprint density at radius 3 is 2.46 bits per heavy atom. The highest BCUT2D eigenvalue weighted by molar-refractivity contribution is 5.94. The van der Waals surface area contributed by atoms with Crippen LogP contribution in [0.1, 0.15) is 27.6 Å². The minimum absolute atomic E-state index is 0.111. The first-order valence-corrected chi connectivity index (χ1v) is 4.11. The molecule has 0 aliphatic rings. The summed E-state index contributed by atoms with van der Waals surface area (Å²) in [5, 5.41) is 2.67. The monoisotopic (exact) mass is 177 g/mol. The fourth-order valence-electron chi connectivity index (χ4n) is 0.976. The molecule has 0 spiro atoms. The molecule has 3 nitrogen and oxygen atoms in total. The maximum atomic E-state index is 11.2. The summed E-state index contributed by atoms with van der Waals surface area (Å²) in [7, 11) is 0. The first-order chi connectivity index (χ1) is 6.27. The Hall–Kier alpha value is -1.64. The Bertz CT molecular complexity index is 303. The molecule has 13 heavy (non-hydrogen) atoms. The molecule has 0 unspecified atom stereocenters. The van der Waals surface area contributed by atoms with Crippen molar-refractivity contribution < 1.29 is 9.59 Å². The van der Waals surface area contributed by atoms with Crippen molar-refractivity contribution in [2.75, 3.05) is 6.54 Å². The largest absolute Gasteiger partial charge is 0.352 e. The van der Waals surface area contributed by atoms with Crippen molar-refractivity contribution in [2.24, 2.45) is 0 Å². The van der Waals surface area contributed by atoms with Crippen LogP contribution in [0.3, 0.4) is 0 Å². The van der Waals surface area contributed by atoms with E-state index < -0.39 is 0 Å². The molecule has 1 N–H and O–H groups in total. The number of nitrogens with one attached hydrogen (secondary N) is 1. The molecule has 0 fully saturated rings. The molecule has 0 aliphatic heterocycles. The van der Waals surface area contributed by atoms with Gasteiger partial charge in [-0.05, 0) is 19.1 Å². The quantitative estimate of drug-likeness (QED) is 0.706. The highest BCUT2D eigenvalue weighted by Crippen LogP contribution is 2.01. The van der Waals surface area contributed by atoms with E-state index in [2.05, 4.69) is 5.32 Å². The molecule has 0 radical (unpaired) electrons. The van der Waals surface area contributed by atoms with Gasteiger partial charge in [0.05, 0.1) is 0 Å². The standard InChI is InChI=1S/C10H11NO2/c1-2-11-10(13)9-5-3-8(7-12)4-6-9/h3-7H,2H2,1H3,(H,11,13). The maximum Gasteiger partial charge on any atom is 0.251 e. The predicted molar refractivity (Wildman–Crippen MR) is 49.8 cm³/mol. The van der Waals surface area contributed by atoms with Crippen molar-refractivity contribution in [3.05, 3.63) is 35.4 Å². The van der Waals surface area contributed by atoms with Crippen LogP contribution in [0.2, 0.25) is 0 Å². The van der Waals surface area contributed by atoms with Crippen LogP contribution in [0.15, 0.2) is 24.3 Å². The van der Waals surface area contributed by atoms with Crippen LogP contribution >= 0.6 is 0 Å². The molecule has 1 amide bonds. The molecule has 1 rings (SSSR count). The molecular weight excluding hydrogens is 166 g/mol. The first kappa shape index (κ1) is 9.45. The lowest BCUT2D eigenvalue weighted by molar-refractivity contribution is 0.0955. The van der Waals surface area contributed by atoms with E-state index in [0.29, 0.717) is 17.7 Å². The average molecular weight is 177 g/mol. The van der Waals surface area contributed by atoms with E-state index in [-0.39, 0.29) is 5.91 Å². The third-order valence-corrected chi connectivity index (χ3v) is 1.65. The van der Waals surface area contributed by atoms with Crippen LogP contribution in [0, 0.1) is 0 Å². The van der Waals surface area contributed by atoms with E-state index in [1.807, 2.05) is 6.92 Å². The Labute approximate surface area is 76.8 Å². The third-order valence-electron chi connectivity index (χ3n) is 1.65. The summed E-state index contributed by atoms with van der Waals surface area (Å²) >= 11 is 0. The van der Waals surface area contributed by atoms with Gasteiger partial charge in [0.15, 0.2) is 0 Å². The maximum absolute atomic E-state index is 11.2. The summed E-state index contributed by atoms with van der Waals surface area (Å²) in [4.78, 5) is 21.6. The van der Waals surface area contributed by atoms with Crippen molar-refractivity contribution in [1.82, 2.24) is 5.32 Å². The number of benzene rings is 1. The topological polar surface area (TPSA) is 46.2 Å². The Morgan fingerprint density at radius 1 is 1.38 bits per heavy atom. The van der Waals surface area contributed by atoms with Gasteiger partial charge in [-0.25, -0.2) is 0 Å². The van der Waals surface area contributed by atoms with Gasteiger partial charge in [-0.1, -0.05) is 12.1 Å². The summed E-state index contributed by atoms with van der Waals surface area (Å²) in [5.74, 6) is -0.111. The molecule has 1 aromatic rings. The highest BCUT2D eigenvalue weighted by atomic mass is 16.1. The van der Waals surface area contributed by atoms with E-state index in [4.69, 9.17) is 0 Å². The molecule has 68 valence electrons. The molecular formula is C10H11NO2. The second-order valence-electron chi connectivity index (χ2n) is 2.60. The van der Waals surface area contributed by atoms with E-state index >= 15 is 0 Å².